The topological polar surface area (TPSA) is 29.1 Å². The number of carbonyl (C=O) groups is 1. The van der Waals surface area contributed by atoms with Gasteiger partial charge in [0.25, 0.3) is 0 Å². The van der Waals surface area contributed by atoms with Gasteiger partial charge in [-0.2, -0.15) is 0 Å². The van der Waals surface area contributed by atoms with Crippen LogP contribution in [-0.4, -0.2) is 5.91 Å². The molecule has 0 saturated carbocycles. The summed E-state index contributed by atoms with van der Waals surface area (Å²) in [5, 5.41) is 2.97. The summed E-state index contributed by atoms with van der Waals surface area (Å²) in [4.78, 5) is 11.6. The molecule has 2 heteroatoms. The summed E-state index contributed by atoms with van der Waals surface area (Å²) < 4.78 is 0. The van der Waals surface area contributed by atoms with E-state index in [0.717, 1.165) is 12.1 Å². The van der Waals surface area contributed by atoms with E-state index >= 15 is 0 Å². The van der Waals surface area contributed by atoms with Crippen LogP contribution in [0.15, 0.2) is 12.1 Å². The van der Waals surface area contributed by atoms with Gasteiger partial charge in [-0.1, -0.05) is 19.1 Å². The number of aryl methyl sites for hydroxylation is 1. The molecule has 74 valence electrons. The molecular formula is C12H15NO. The SMILES string of the molecule is CCC1C(=O)Nc2c1ccc(C)c2C. The van der Waals surface area contributed by atoms with Gasteiger partial charge >= 0.3 is 0 Å². The van der Waals surface area contributed by atoms with E-state index in [4.69, 9.17) is 0 Å². The lowest BCUT2D eigenvalue weighted by atomic mass is 9.95. The maximum absolute atomic E-state index is 11.6. The van der Waals surface area contributed by atoms with E-state index in [9.17, 15) is 4.79 Å². The molecule has 2 nitrogen and oxygen atoms in total. The van der Waals surface area contributed by atoms with Crippen molar-refractivity contribution in [3.8, 4) is 0 Å². The second kappa shape index (κ2) is 3.12. The Balaban J connectivity index is 2.57. The lowest BCUT2D eigenvalue weighted by Crippen LogP contribution is -2.10. The molecule has 14 heavy (non-hydrogen) atoms. The Hall–Kier alpha value is -1.31. The van der Waals surface area contributed by atoms with Crippen LogP contribution in [0.3, 0.4) is 0 Å². The third kappa shape index (κ3) is 1.14. The molecule has 1 atom stereocenters. The van der Waals surface area contributed by atoms with Crippen LogP contribution in [0.2, 0.25) is 0 Å². The highest BCUT2D eigenvalue weighted by molar-refractivity contribution is 6.03. The van der Waals surface area contributed by atoms with Crippen molar-refractivity contribution >= 4 is 11.6 Å². The first-order valence-electron chi connectivity index (χ1n) is 5.06. The van der Waals surface area contributed by atoms with Crippen LogP contribution < -0.4 is 5.32 Å². The zero-order valence-corrected chi connectivity index (χ0v) is 8.85. The van der Waals surface area contributed by atoms with Gasteiger partial charge in [-0.3, -0.25) is 4.79 Å². The van der Waals surface area contributed by atoms with Crippen molar-refractivity contribution in [3.63, 3.8) is 0 Å². The van der Waals surface area contributed by atoms with Crippen LogP contribution in [0.25, 0.3) is 0 Å². The zero-order chi connectivity index (χ0) is 10.3. The average Bonchev–Trinajstić information content (AvgIpc) is 2.49. The molecule has 2 rings (SSSR count). The molecule has 1 heterocycles. The lowest BCUT2D eigenvalue weighted by Gasteiger charge is -2.08. The predicted molar refractivity (Wildman–Crippen MR) is 57.6 cm³/mol. The van der Waals surface area contributed by atoms with Gasteiger partial charge in [0.05, 0.1) is 5.92 Å². The van der Waals surface area contributed by atoms with Crippen LogP contribution in [0.5, 0.6) is 0 Å². The van der Waals surface area contributed by atoms with Gasteiger partial charge in [-0.25, -0.2) is 0 Å². The number of carbonyl (C=O) groups excluding carboxylic acids is 1. The molecule has 1 aliphatic rings. The van der Waals surface area contributed by atoms with Gasteiger partial charge in [-0.15, -0.1) is 0 Å². The van der Waals surface area contributed by atoms with E-state index < -0.39 is 0 Å². The van der Waals surface area contributed by atoms with Crippen molar-refractivity contribution in [1.29, 1.82) is 0 Å². The van der Waals surface area contributed by atoms with Gasteiger partial charge in [-0.05, 0) is 37.0 Å². The number of hydrogen-bond donors (Lipinski definition) is 1. The molecule has 0 aliphatic carbocycles. The molecule has 1 aromatic rings. The molecule has 0 aromatic heterocycles. The summed E-state index contributed by atoms with van der Waals surface area (Å²) in [6.07, 6.45) is 0.876. The molecule has 1 amide bonds. The molecule has 0 spiro atoms. The van der Waals surface area contributed by atoms with Crippen LogP contribution in [-0.2, 0) is 4.79 Å². The Kier molecular flexibility index (Phi) is 2.06. The van der Waals surface area contributed by atoms with Crippen LogP contribution in [0.4, 0.5) is 5.69 Å². The number of benzene rings is 1. The predicted octanol–water partition coefficient (Wildman–Crippen LogP) is 2.75. The maximum atomic E-state index is 11.6. The summed E-state index contributed by atoms with van der Waals surface area (Å²) in [6.45, 7) is 6.18. The van der Waals surface area contributed by atoms with E-state index in [1.165, 1.54) is 16.7 Å². The number of amides is 1. The van der Waals surface area contributed by atoms with Gasteiger partial charge in [0.2, 0.25) is 5.91 Å². The molecule has 0 bridgehead atoms. The molecule has 0 saturated heterocycles. The number of nitrogens with one attached hydrogen (secondary N) is 1. The van der Waals surface area contributed by atoms with Crippen molar-refractivity contribution in [2.24, 2.45) is 0 Å². The Morgan fingerprint density at radius 2 is 2.07 bits per heavy atom. The van der Waals surface area contributed by atoms with Crippen LogP contribution in [0, 0.1) is 13.8 Å². The summed E-state index contributed by atoms with van der Waals surface area (Å²) in [6, 6.07) is 4.17. The highest BCUT2D eigenvalue weighted by Gasteiger charge is 2.29. The third-order valence-electron chi connectivity index (χ3n) is 3.12. The average molecular weight is 189 g/mol. The van der Waals surface area contributed by atoms with Crippen molar-refractivity contribution in [3.05, 3.63) is 28.8 Å². The Labute approximate surface area is 84.3 Å². The van der Waals surface area contributed by atoms with Crippen molar-refractivity contribution < 1.29 is 4.79 Å². The third-order valence-corrected chi connectivity index (χ3v) is 3.12. The smallest absolute Gasteiger partial charge is 0.232 e. The van der Waals surface area contributed by atoms with Crippen molar-refractivity contribution in [2.45, 2.75) is 33.1 Å². The Morgan fingerprint density at radius 1 is 1.36 bits per heavy atom. The second-order valence-corrected chi connectivity index (χ2v) is 3.92. The fourth-order valence-corrected chi connectivity index (χ4v) is 2.05. The zero-order valence-electron chi connectivity index (χ0n) is 8.85. The first-order valence-corrected chi connectivity index (χ1v) is 5.06. The second-order valence-electron chi connectivity index (χ2n) is 3.92. The fourth-order valence-electron chi connectivity index (χ4n) is 2.05. The van der Waals surface area contributed by atoms with Gasteiger partial charge < -0.3 is 5.32 Å². The molecule has 1 aliphatic heterocycles. The summed E-state index contributed by atoms with van der Waals surface area (Å²) in [7, 11) is 0. The van der Waals surface area contributed by atoms with E-state index in [0.29, 0.717) is 0 Å². The first-order chi connectivity index (χ1) is 6.65. The van der Waals surface area contributed by atoms with Gasteiger partial charge in [0.15, 0.2) is 0 Å². The van der Waals surface area contributed by atoms with E-state index in [1.54, 1.807) is 0 Å². The highest BCUT2D eigenvalue weighted by atomic mass is 16.2. The van der Waals surface area contributed by atoms with Crippen LogP contribution in [0.1, 0.15) is 36.0 Å². The van der Waals surface area contributed by atoms with Crippen molar-refractivity contribution in [2.75, 3.05) is 5.32 Å². The lowest BCUT2D eigenvalue weighted by molar-refractivity contribution is -0.117. The monoisotopic (exact) mass is 189 g/mol. The Morgan fingerprint density at radius 3 is 2.71 bits per heavy atom. The molecule has 1 aromatic carbocycles. The number of fused-ring (bicyclic) bond motifs is 1. The summed E-state index contributed by atoms with van der Waals surface area (Å²) >= 11 is 0. The number of hydrogen-bond acceptors (Lipinski definition) is 1. The summed E-state index contributed by atoms with van der Waals surface area (Å²) in [5.74, 6) is 0.209. The van der Waals surface area contributed by atoms with Gasteiger partial charge in [0.1, 0.15) is 0 Å². The Bertz CT molecular complexity index is 396. The largest absolute Gasteiger partial charge is 0.325 e. The minimum absolute atomic E-state index is 0.0595. The molecular weight excluding hydrogens is 174 g/mol. The van der Waals surface area contributed by atoms with Crippen molar-refractivity contribution in [1.82, 2.24) is 0 Å². The minimum Gasteiger partial charge on any atom is -0.325 e. The van der Waals surface area contributed by atoms with Crippen LogP contribution >= 0.6 is 0 Å². The number of rotatable bonds is 1. The minimum atomic E-state index is 0.0595. The quantitative estimate of drug-likeness (QED) is 0.723. The highest BCUT2D eigenvalue weighted by Crippen LogP contribution is 2.37. The molecule has 0 radical (unpaired) electrons. The normalized spacial score (nSPS) is 19.4. The summed E-state index contributed by atoms with van der Waals surface area (Å²) in [5.41, 5.74) is 4.65. The fraction of sp³-hybridized carbons (Fsp3) is 0.417. The van der Waals surface area contributed by atoms with E-state index in [-0.39, 0.29) is 11.8 Å². The number of anilines is 1. The molecule has 0 fully saturated rings. The standard InChI is InChI=1S/C12H15NO/c1-4-9-10-6-5-7(2)8(3)11(10)13-12(9)14/h5-6,9H,4H2,1-3H3,(H,13,14). The van der Waals surface area contributed by atoms with E-state index in [2.05, 4.69) is 38.2 Å². The maximum Gasteiger partial charge on any atom is 0.232 e. The van der Waals surface area contributed by atoms with E-state index in [1.807, 2.05) is 0 Å². The molecule has 1 unspecified atom stereocenters. The van der Waals surface area contributed by atoms with Gasteiger partial charge in [0, 0.05) is 5.69 Å². The molecule has 1 N–H and O–H groups in total. The first kappa shape index (κ1) is 9.25.